The van der Waals surface area contributed by atoms with Crippen LogP contribution in [0.3, 0.4) is 0 Å². The van der Waals surface area contributed by atoms with Crippen molar-refractivity contribution in [1.29, 1.82) is 0 Å². The highest BCUT2D eigenvalue weighted by Gasteiger charge is 2.26. The molecule has 0 amide bonds. The minimum Gasteiger partial charge on any atom is -0.494 e. The molecule has 1 aromatic heterocycles. The van der Waals surface area contributed by atoms with Crippen LogP contribution in [-0.2, 0) is 4.74 Å². The van der Waals surface area contributed by atoms with Gasteiger partial charge in [-0.3, -0.25) is 4.90 Å². The second kappa shape index (κ2) is 7.43. The Bertz CT molecular complexity index is 819. The highest BCUT2D eigenvalue weighted by atomic mass is 16.5. The topological polar surface area (TPSA) is 86.7 Å². The van der Waals surface area contributed by atoms with Gasteiger partial charge in [0.25, 0.3) is 5.95 Å². The van der Waals surface area contributed by atoms with Crippen LogP contribution in [0.1, 0.15) is 18.5 Å². The Hall–Kier alpha value is -2.45. The van der Waals surface area contributed by atoms with Gasteiger partial charge in [-0.15, -0.1) is 0 Å². The van der Waals surface area contributed by atoms with E-state index in [4.69, 9.17) is 9.47 Å². The molecule has 2 atom stereocenters. The number of fused-ring (bicyclic) bond motifs is 1. The van der Waals surface area contributed by atoms with Gasteiger partial charge in [0.1, 0.15) is 23.9 Å². The lowest BCUT2D eigenvalue weighted by Crippen LogP contribution is -3.24. The van der Waals surface area contributed by atoms with E-state index in [0.29, 0.717) is 12.1 Å². The number of ether oxygens (including phenoxy) is 2. The van der Waals surface area contributed by atoms with E-state index < -0.39 is 0 Å². The SMILES string of the molecule is COc1cccc2c(C)nc(NC3=[NH+]C[NH+](C[C@@H]4CCCO4)CN3)nc12. The van der Waals surface area contributed by atoms with E-state index in [1.807, 2.05) is 25.1 Å². The molecule has 8 heteroatoms. The molecule has 4 rings (SSSR count). The molecule has 0 aliphatic carbocycles. The monoisotopic (exact) mass is 358 g/mol. The first-order valence-electron chi connectivity index (χ1n) is 9.11. The van der Waals surface area contributed by atoms with Crippen molar-refractivity contribution in [2.45, 2.75) is 25.9 Å². The van der Waals surface area contributed by atoms with E-state index in [0.717, 1.165) is 54.8 Å². The summed E-state index contributed by atoms with van der Waals surface area (Å²) in [5.41, 5.74) is 1.73. The normalized spacial score (nSPS) is 22.8. The number of quaternary nitrogens is 1. The Morgan fingerprint density at radius 2 is 2.35 bits per heavy atom. The van der Waals surface area contributed by atoms with Crippen LogP contribution in [0.15, 0.2) is 18.2 Å². The summed E-state index contributed by atoms with van der Waals surface area (Å²) >= 11 is 0. The number of benzene rings is 1. The van der Waals surface area contributed by atoms with E-state index in [-0.39, 0.29) is 0 Å². The molecule has 26 heavy (non-hydrogen) atoms. The molecule has 0 spiro atoms. The van der Waals surface area contributed by atoms with E-state index in [9.17, 15) is 0 Å². The van der Waals surface area contributed by atoms with Crippen molar-refractivity contribution in [3.8, 4) is 5.75 Å². The fourth-order valence-corrected chi connectivity index (χ4v) is 3.52. The standard InChI is InChI=1S/C18H24N6O2/c1-12-14-6-3-7-15(25-2)16(14)22-18(21-12)23-17-19-10-24(11-20-17)9-13-5-4-8-26-13/h3,6-7,13H,4-5,8-11H2,1-2H3,(H2,19,20,21,22,23)/p+2/t13-/m0/s1. The first-order chi connectivity index (χ1) is 12.7. The fraction of sp³-hybridized carbons (Fsp3) is 0.500. The van der Waals surface area contributed by atoms with Gasteiger partial charge >= 0.3 is 5.96 Å². The van der Waals surface area contributed by atoms with Crippen molar-refractivity contribution in [2.24, 2.45) is 0 Å². The van der Waals surface area contributed by atoms with Crippen LogP contribution in [0.2, 0.25) is 0 Å². The minimum absolute atomic E-state index is 0.391. The largest absolute Gasteiger partial charge is 0.494 e. The molecule has 138 valence electrons. The average molecular weight is 358 g/mol. The van der Waals surface area contributed by atoms with Crippen LogP contribution in [0.25, 0.3) is 10.9 Å². The zero-order chi connectivity index (χ0) is 17.9. The quantitative estimate of drug-likeness (QED) is 0.526. The van der Waals surface area contributed by atoms with E-state index in [1.54, 1.807) is 7.11 Å². The number of anilines is 1. The average Bonchev–Trinajstić information content (AvgIpc) is 3.16. The van der Waals surface area contributed by atoms with Crippen molar-refractivity contribution in [2.75, 3.05) is 38.9 Å². The number of methoxy groups -OCH3 is 1. The van der Waals surface area contributed by atoms with Crippen LogP contribution >= 0.6 is 0 Å². The Morgan fingerprint density at radius 1 is 1.42 bits per heavy atom. The van der Waals surface area contributed by atoms with E-state index >= 15 is 0 Å². The third kappa shape index (κ3) is 3.56. The summed E-state index contributed by atoms with van der Waals surface area (Å²) in [6, 6.07) is 5.87. The summed E-state index contributed by atoms with van der Waals surface area (Å²) in [6.45, 7) is 5.58. The van der Waals surface area contributed by atoms with Crippen LogP contribution in [0.4, 0.5) is 5.95 Å². The van der Waals surface area contributed by atoms with E-state index in [2.05, 4.69) is 25.6 Å². The zero-order valence-electron chi connectivity index (χ0n) is 15.3. The van der Waals surface area contributed by atoms with E-state index in [1.165, 1.54) is 17.7 Å². The number of para-hydroxylation sites is 1. The van der Waals surface area contributed by atoms with Crippen LogP contribution in [0.5, 0.6) is 5.75 Å². The summed E-state index contributed by atoms with van der Waals surface area (Å²) in [5.74, 6) is 2.13. The lowest BCUT2D eigenvalue weighted by Gasteiger charge is -2.22. The molecule has 8 nitrogen and oxygen atoms in total. The maximum absolute atomic E-state index is 5.72. The number of aryl methyl sites for hydroxylation is 1. The van der Waals surface area contributed by atoms with Gasteiger partial charge < -0.3 is 9.47 Å². The molecular formula is C18H26N6O2+2. The molecular weight excluding hydrogens is 332 g/mol. The van der Waals surface area contributed by atoms with Crippen LogP contribution in [0, 0.1) is 6.92 Å². The molecule has 2 aliphatic rings. The van der Waals surface area contributed by atoms with Gasteiger partial charge in [0.15, 0.2) is 13.3 Å². The van der Waals surface area contributed by atoms with Crippen molar-refractivity contribution < 1.29 is 19.4 Å². The van der Waals surface area contributed by atoms with Gasteiger partial charge in [0, 0.05) is 12.0 Å². The lowest BCUT2D eigenvalue weighted by atomic mass is 10.2. The predicted molar refractivity (Wildman–Crippen MR) is 98.1 cm³/mol. The number of guanidine groups is 1. The number of nitrogens with zero attached hydrogens (tertiary/aromatic N) is 2. The van der Waals surface area contributed by atoms with Gasteiger partial charge in [0.05, 0.1) is 12.8 Å². The third-order valence-electron chi connectivity index (χ3n) is 4.91. The molecule has 1 fully saturated rings. The molecule has 2 aromatic rings. The second-order valence-corrected chi connectivity index (χ2v) is 6.79. The predicted octanol–water partition coefficient (Wildman–Crippen LogP) is -1.62. The van der Waals surface area contributed by atoms with Crippen molar-refractivity contribution in [3.63, 3.8) is 0 Å². The summed E-state index contributed by atoms with van der Waals surface area (Å²) < 4.78 is 11.2. The Morgan fingerprint density at radius 3 is 3.08 bits per heavy atom. The summed E-state index contributed by atoms with van der Waals surface area (Å²) in [6.07, 6.45) is 2.74. The molecule has 1 aromatic carbocycles. The zero-order valence-corrected chi connectivity index (χ0v) is 15.3. The molecule has 1 saturated heterocycles. The highest BCUT2D eigenvalue weighted by Crippen LogP contribution is 2.25. The lowest BCUT2D eigenvalue weighted by molar-refractivity contribution is -0.982. The molecule has 0 bridgehead atoms. The van der Waals surface area contributed by atoms with Gasteiger partial charge in [-0.05, 0) is 25.8 Å². The van der Waals surface area contributed by atoms with Crippen LogP contribution < -0.4 is 25.3 Å². The first-order valence-corrected chi connectivity index (χ1v) is 9.11. The van der Waals surface area contributed by atoms with Crippen molar-refractivity contribution in [3.05, 3.63) is 23.9 Å². The fourth-order valence-electron chi connectivity index (χ4n) is 3.52. The number of hydrogen-bond donors (Lipinski definition) is 4. The maximum Gasteiger partial charge on any atom is 0.359 e. The van der Waals surface area contributed by atoms with Crippen LogP contribution in [-0.4, -0.2) is 55.6 Å². The van der Waals surface area contributed by atoms with Gasteiger partial charge in [-0.1, -0.05) is 12.1 Å². The molecule has 4 N–H and O–H groups in total. The number of aromatic nitrogens is 2. The second-order valence-electron chi connectivity index (χ2n) is 6.79. The smallest absolute Gasteiger partial charge is 0.359 e. The van der Waals surface area contributed by atoms with Gasteiger partial charge in [0.2, 0.25) is 0 Å². The molecule has 0 saturated carbocycles. The molecule has 0 radical (unpaired) electrons. The summed E-state index contributed by atoms with van der Waals surface area (Å²) in [7, 11) is 1.66. The van der Waals surface area contributed by atoms with Crippen molar-refractivity contribution in [1.82, 2.24) is 15.3 Å². The van der Waals surface area contributed by atoms with Gasteiger partial charge in [-0.25, -0.2) is 20.6 Å². The third-order valence-corrected chi connectivity index (χ3v) is 4.91. The number of nitrogens with one attached hydrogen (secondary N) is 4. The number of hydrogen-bond acceptors (Lipinski definition) is 6. The first kappa shape index (κ1) is 17.0. The number of rotatable bonds is 4. The van der Waals surface area contributed by atoms with Gasteiger partial charge in [-0.2, -0.15) is 4.98 Å². The molecule has 1 unspecified atom stereocenters. The Kier molecular flexibility index (Phi) is 4.85. The maximum atomic E-state index is 5.72. The minimum atomic E-state index is 0.391. The summed E-state index contributed by atoms with van der Waals surface area (Å²) in [4.78, 5) is 14.0. The summed E-state index contributed by atoms with van der Waals surface area (Å²) in [5, 5.41) is 7.63. The Labute approximate surface area is 152 Å². The molecule has 2 aliphatic heterocycles. The van der Waals surface area contributed by atoms with Crippen molar-refractivity contribution >= 4 is 22.8 Å². The highest BCUT2D eigenvalue weighted by molar-refractivity contribution is 5.91. The molecule has 3 heterocycles. The Balaban J connectivity index is 1.46.